The SMILES string of the molecule is CC1=NN(C(N)=S)C(=O)/C1=N\Nc1cccc(Br)c1. The van der Waals surface area contributed by atoms with Gasteiger partial charge in [0.2, 0.25) is 0 Å². The lowest BCUT2D eigenvalue weighted by atomic mass is 10.2. The number of hydrogen-bond acceptors (Lipinski definition) is 5. The predicted octanol–water partition coefficient (Wildman–Crippen LogP) is 1.68. The molecule has 0 saturated heterocycles. The topological polar surface area (TPSA) is 83.1 Å². The molecule has 0 fully saturated rings. The average Bonchev–Trinajstić information content (AvgIpc) is 2.63. The zero-order valence-corrected chi connectivity index (χ0v) is 12.3. The Kier molecular flexibility index (Phi) is 3.91. The molecule has 1 heterocycles. The van der Waals surface area contributed by atoms with Gasteiger partial charge in [0.15, 0.2) is 10.8 Å². The van der Waals surface area contributed by atoms with E-state index >= 15 is 0 Å². The van der Waals surface area contributed by atoms with E-state index < -0.39 is 5.91 Å². The second-order valence-corrected chi connectivity index (χ2v) is 5.06. The molecule has 0 saturated carbocycles. The minimum atomic E-state index is -0.438. The lowest BCUT2D eigenvalue weighted by Gasteiger charge is -2.07. The van der Waals surface area contributed by atoms with Crippen LogP contribution >= 0.6 is 28.1 Å². The number of thiocarbonyl (C=S) groups is 1. The van der Waals surface area contributed by atoms with Crippen LogP contribution < -0.4 is 11.2 Å². The highest BCUT2D eigenvalue weighted by atomic mass is 79.9. The summed E-state index contributed by atoms with van der Waals surface area (Å²) in [6.45, 7) is 1.66. The summed E-state index contributed by atoms with van der Waals surface area (Å²) in [5.74, 6) is -0.438. The molecule has 1 aliphatic heterocycles. The van der Waals surface area contributed by atoms with Gasteiger partial charge in [0, 0.05) is 4.47 Å². The van der Waals surface area contributed by atoms with Crippen LogP contribution in [0, 0.1) is 0 Å². The number of carbonyl (C=O) groups excluding carboxylic acids is 1. The molecule has 0 bridgehead atoms. The number of nitrogens with two attached hydrogens (primary N) is 1. The Labute approximate surface area is 123 Å². The van der Waals surface area contributed by atoms with E-state index in [9.17, 15) is 4.79 Å². The van der Waals surface area contributed by atoms with Crippen molar-refractivity contribution in [1.82, 2.24) is 5.01 Å². The van der Waals surface area contributed by atoms with E-state index in [1.807, 2.05) is 24.3 Å². The first-order chi connectivity index (χ1) is 8.99. The number of benzene rings is 1. The first-order valence-electron chi connectivity index (χ1n) is 5.28. The largest absolute Gasteiger partial charge is 0.374 e. The summed E-state index contributed by atoms with van der Waals surface area (Å²) in [5, 5.41) is 8.82. The minimum absolute atomic E-state index is 0.1000. The molecular weight excluding hydrogens is 330 g/mol. The molecule has 1 aliphatic rings. The van der Waals surface area contributed by atoms with Gasteiger partial charge < -0.3 is 5.73 Å². The molecule has 1 amide bonds. The number of halogens is 1. The van der Waals surface area contributed by atoms with E-state index in [1.54, 1.807) is 6.92 Å². The molecule has 2 rings (SSSR count). The summed E-state index contributed by atoms with van der Waals surface area (Å²) in [6, 6.07) is 7.40. The van der Waals surface area contributed by atoms with E-state index in [0.717, 1.165) is 15.2 Å². The Balaban J connectivity index is 2.19. The Bertz CT molecular complexity index is 613. The third kappa shape index (κ3) is 2.96. The van der Waals surface area contributed by atoms with E-state index in [1.165, 1.54) is 0 Å². The van der Waals surface area contributed by atoms with Gasteiger partial charge in [-0.3, -0.25) is 10.2 Å². The summed E-state index contributed by atoms with van der Waals surface area (Å²) in [4.78, 5) is 11.9. The van der Waals surface area contributed by atoms with Crippen molar-refractivity contribution in [2.45, 2.75) is 6.92 Å². The molecule has 0 aromatic heterocycles. The second-order valence-electron chi connectivity index (χ2n) is 3.72. The van der Waals surface area contributed by atoms with Crippen LogP contribution in [-0.2, 0) is 4.79 Å². The Morgan fingerprint density at radius 3 is 2.89 bits per heavy atom. The van der Waals surface area contributed by atoms with Crippen molar-refractivity contribution in [2.24, 2.45) is 15.9 Å². The quantitative estimate of drug-likeness (QED) is 0.634. The second kappa shape index (κ2) is 5.45. The van der Waals surface area contributed by atoms with E-state index in [-0.39, 0.29) is 10.8 Å². The van der Waals surface area contributed by atoms with Crippen LogP contribution in [0.15, 0.2) is 38.9 Å². The molecule has 1 aromatic rings. The molecular formula is C11H10BrN5OS. The van der Waals surface area contributed by atoms with E-state index in [4.69, 9.17) is 18.0 Å². The first-order valence-corrected chi connectivity index (χ1v) is 6.48. The number of anilines is 1. The lowest BCUT2D eigenvalue weighted by Crippen LogP contribution is -2.36. The standard InChI is InChI=1S/C11H10BrN5OS/c1-6-9(10(18)17(16-6)11(13)19)15-14-8-4-2-3-7(12)5-8/h2-5,14H,1H3,(H2,13,19)/b15-9-. The maximum atomic E-state index is 11.9. The third-order valence-corrected chi connectivity index (χ3v) is 2.98. The normalized spacial score (nSPS) is 16.7. The fraction of sp³-hybridized carbons (Fsp3) is 0.0909. The van der Waals surface area contributed by atoms with Crippen molar-refractivity contribution >= 4 is 56.3 Å². The Morgan fingerprint density at radius 2 is 2.32 bits per heavy atom. The third-order valence-electron chi connectivity index (χ3n) is 2.32. The van der Waals surface area contributed by atoms with Crippen LogP contribution in [-0.4, -0.2) is 27.5 Å². The number of hydrogen-bond donors (Lipinski definition) is 2. The maximum Gasteiger partial charge on any atom is 0.303 e. The zero-order chi connectivity index (χ0) is 14.0. The van der Waals surface area contributed by atoms with E-state index in [2.05, 4.69) is 31.6 Å². The van der Waals surface area contributed by atoms with E-state index in [0.29, 0.717) is 5.71 Å². The fourth-order valence-electron chi connectivity index (χ4n) is 1.45. The summed E-state index contributed by atoms with van der Waals surface area (Å²) >= 11 is 8.07. The molecule has 98 valence electrons. The number of carbonyl (C=O) groups is 1. The molecule has 0 atom stereocenters. The minimum Gasteiger partial charge on any atom is -0.374 e. The fourth-order valence-corrected chi connectivity index (χ4v) is 1.98. The van der Waals surface area contributed by atoms with Crippen molar-refractivity contribution in [3.05, 3.63) is 28.7 Å². The van der Waals surface area contributed by atoms with Crippen LogP contribution in [0.1, 0.15) is 6.92 Å². The van der Waals surface area contributed by atoms with Crippen molar-refractivity contribution in [3.63, 3.8) is 0 Å². The van der Waals surface area contributed by atoms with Crippen LogP contribution in [0.4, 0.5) is 5.69 Å². The summed E-state index contributed by atoms with van der Waals surface area (Å²) in [7, 11) is 0. The van der Waals surface area contributed by atoms with Gasteiger partial charge in [-0.25, -0.2) is 0 Å². The number of rotatable bonds is 2. The Hall–Kier alpha value is -1.80. The molecule has 0 aliphatic carbocycles. The van der Waals surface area contributed by atoms with Crippen LogP contribution in [0.5, 0.6) is 0 Å². The van der Waals surface area contributed by atoms with Gasteiger partial charge in [0.25, 0.3) is 0 Å². The zero-order valence-electron chi connectivity index (χ0n) is 9.92. The number of amides is 1. The number of hydrazone groups is 2. The van der Waals surface area contributed by atoms with Gasteiger partial charge in [0.05, 0.1) is 11.4 Å². The smallest absolute Gasteiger partial charge is 0.303 e. The number of nitrogens with one attached hydrogen (secondary N) is 1. The van der Waals surface area contributed by atoms with Crippen molar-refractivity contribution in [2.75, 3.05) is 5.43 Å². The van der Waals surface area contributed by atoms with Gasteiger partial charge in [-0.05, 0) is 37.3 Å². The average molecular weight is 340 g/mol. The monoisotopic (exact) mass is 339 g/mol. The van der Waals surface area contributed by atoms with Crippen LogP contribution in [0.3, 0.4) is 0 Å². The maximum absolute atomic E-state index is 11.9. The van der Waals surface area contributed by atoms with Crippen LogP contribution in [0.25, 0.3) is 0 Å². The van der Waals surface area contributed by atoms with Crippen molar-refractivity contribution in [3.8, 4) is 0 Å². The van der Waals surface area contributed by atoms with Gasteiger partial charge in [-0.2, -0.15) is 15.2 Å². The molecule has 3 N–H and O–H groups in total. The highest BCUT2D eigenvalue weighted by Gasteiger charge is 2.31. The molecule has 0 unspecified atom stereocenters. The van der Waals surface area contributed by atoms with Crippen molar-refractivity contribution in [1.29, 1.82) is 0 Å². The summed E-state index contributed by atoms with van der Waals surface area (Å²) < 4.78 is 0.908. The van der Waals surface area contributed by atoms with Gasteiger partial charge >= 0.3 is 5.91 Å². The van der Waals surface area contributed by atoms with Crippen LogP contribution in [0.2, 0.25) is 0 Å². The van der Waals surface area contributed by atoms with Gasteiger partial charge in [-0.15, -0.1) is 0 Å². The molecule has 0 radical (unpaired) electrons. The van der Waals surface area contributed by atoms with Gasteiger partial charge in [0.1, 0.15) is 0 Å². The highest BCUT2D eigenvalue weighted by molar-refractivity contribution is 9.10. The first kappa shape index (κ1) is 13.6. The molecule has 6 nitrogen and oxygen atoms in total. The highest BCUT2D eigenvalue weighted by Crippen LogP contribution is 2.16. The molecule has 8 heteroatoms. The molecule has 0 spiro atoms. The number of nitrogens with zero attached hydrogens (tertiary/aromatic N) is 3. The summed E-state index contributed by atoms with van der Waals surface area (Å²) in [5.41, 5.74) is 9.57. The molecule has 1 aromatic carbocycles. The van der Waals surface area contributed by atoms with Gasteiger partial charge in [-0.1, -0.05) is 22.0 Å². The lowest BCUT2D eigenvalue weighted by molar-refractivity contribution is -0.119. The predicted molar refractivity (Wildman–Crippen MR) is 81.9 cm³/mol. The Morgan fingerprint density at radius 1 is 1.58 bits per heavy atom. The summed E-state index contributed by atoms with van der Waals surface area (Å²) in [6.07, 6.45) is 0. The van der Waals surface area contributed by atoms with Crippen molar-refractivity contribution < 1.29 is 4.79 Å². The molecule has 19 heavy (non-hydrogen) atoms.